The predicted molar refractivity (Wildman–Crippen MR) is 79.9 cm³/mol. The zero-order valence-electron chi connectivity index (χ0n) is 12.8. The lowest BCUT2D eigenvalue weighted by molar-refractivity contribution is 0.0422. The molecule has 0 bridgehead atoms. The molecule has 1 aliphatic rings. The molecule has 0 aliphatic carbocycles. The topological polar surface area (TPSA) is 9.23 Å². The van der Waals surface area contributed by atoms with Crippen LogP contribution in [0.25, 0.3) is 0 Å². The van der Waals surface area contributed by atoms with Crippen molar-refractivity contribution in [1.82, 2.24) is 0 Å². The third-order valence-corrected chi connectivity index (χ3v) is 4.54. The molecule has 0 radical (unpaired) electrons. The highest BCUT2D eigenvalue weighted by Gasteiger charge is 2.23. The molecule has 1 saturated heterocycles. The molecule has 0 saturated carbocycles. The van der Waals surface area contributed by atoms with Gasteiger partial charge in [-0.3, -0.25) is 0 Å². The molecule has 1 heteroatoms. The van der Waals surface area contributed by atoms with E-state index in [1.54, 1.807) is 0 Å². The zero-order chi connectivity index (χ0) is 13.1. The minimum absolute atomic E-state index is 0.970. The van der Waals surface area contributed by atoms with E-state index in [0.29, 0.717) is 0 Å². The van der Waals surface area contributed by atoms with Crippen LogP contribution in [0.5, 0.6) is 0 Å². The van der Waals surface area contributed by atoms with Crippen LogP contribution in [0, 0.1) is 11.8 Å². The molecule has 1 nitrogen and oxygen atoms in total. The number of hydrogen-bond acceptors (Lipinski definition) is 1. The van der Waals surface area contributed by atoms with Crippen LogP contribution in [-0.2, 0) is 4.74 Å². The van der Waals surface area contributed by atoms with Gasteiger partial charge in [-0.15, -0.1) is 0 Å². The van der Waals surface area contributed by atoms with Crippen molar-refractivity contribution >= 4 is 0 Å². The molecule has 1 unspecified atom stereocenters. The summed E-state index contributed by atoms with van der Waals surface area (Å²) in [6.07, 6.45) is 15.5. The molecule has 0 spiro atoms. The van der Waals surface area contributed by atoms with Gasteiger partial charge < -0.3 is 4.74 Å². The molecule has 0 N–H and O–H groups in total. The van der Waals surface area contributed by atoms with Gasteiger partial charge in [0, 0.05) is 13.2 Å². The highest BCUT2D eigenvalue weighted by atomic mass is 16.5. The van der Waals surface area contributed by atoms with Crippen molar-refractivity contribution in [1.29, 1.82) is 0 Å². The summed E-state index contributed by atoms with van der Waals surface area (Å²) in [6, 6.07) is 0. The Labute approximate surface area is 115 Å². The van der Waals surface area contributed by atoms with Crippen LogP contribution in [0.2, 0.25) is 0 Å². The number of unbranched alkanes of at least 4 members (excludes halogenated alkanes) is 5. The van der Waals surface area contributed by atoms with E-state index in [-0.39, 0.29) is 0 Å². The normalized spacial score (nSPS) is 19.0. The Balaban J connectivity index is 2.25. The fraction of sp³-hybridized carbons (Fsp3) is 1.00. The summed E-state index contributed by atoms with van der Waals surface area (Å²) in [5.41, 5.74) is 0. The van der Waals surface area contributed by atoms with Gasteiger partial charge >= 0.3 is 0 Å². The van der Waals surface area contributed by atoms with Crippen molar-refractivity contribution in [3.63, 3.8) is 0 Å². The second-order valence-electron chi connectivity index (χ2n) is 6.05. The van der Waals surface area contributed by atoms with Crippen molar-refractivity contribution in [2.75, 3.05) is 13.2 Å². The summed E-state index contributed by atoms with van der Waals surface area (Å²) < 4.78 is 5.52. The highest BCUT2D eigenvalue weighted by molar-refractivity contribution is 4.73. The van der Waals surface area contributed by atoms with Crippen LogP contribution in [0.4, 0.5) is 0 Å². The Kier molecular flexibility index (Phi) is 9.65. The third kappa shape index (κ3) is 6.78. The Bertz CT molecular complexity index is 172. The van der Waals surface area contributed by atoms with Gasteiger partial charge in [0.05, 0.1) is 0 Å². The second-order valence-corrected chi connectivity index (χ2v) is 6.05. The van der Waals surface area contributed by atoms with Crippen LogP contribution in [0.15, 0.2) is 0 Å². The van der Waals surface area contributed by atoms with Crippen molar-refractivity contribution in [2.45, 2.75) is 84.5 Å². The summed E-state index contributed by atoms with van der Waals surface area (Å²) in [5, 5.41) is 0. The lowest BCUT2D eigenvalue weighted by Gasteiger charge is -2.30. The van der Waals surface area contributed by atoms with Gasteiger partial charge in [-0.1, -0.05) is 71.6 Å². The summed E-state index contributed by atoms with van der Waals surface area (Å²) in [4.78, 5) is 0. The maximum Gasteiger partial charge on any atom is 0.0468 e. The number of rotatable bonds is 10. The molecule has 0 amide bonds. The Hall–Kier alpha value is -0.0400. The van der Waals surface area contributed by atoms with Crippen molar-refractivity contribution in [2.24, 2.45) is 11.8 Å². The van der Waals surface area contributed by atoms with E-state index in [1.165, 1.54) is 70.6 Å². The molecule has 1 fully saturated rings. The third-order valence-electron chi connectivity index (χ3n) is 4.54. The monoisotopic (exact) mass is 254 g/mol. The van der Waals surface area contributed by atoms with Gasteiger partial charge in [0.15, 0.2) is 0 Å². The van der Waals surface area contributed by atoms with Gasteiger partial charge in [-0.25, -0.2) is 0 Å². The Morgan fingerprint density at radius 3 is 2.00 bits per heavy atom. The first-order chi connectivity index (χ1) is 8.88. The van der Waals surface area contributed by atoms with E-state index < -0.39 is 0 Å². The molecular weight excluding hydrogens is 220 g/mol. The van der Waals surface area contributed by atoms with E-state index in [2.05, 4.69) is 13.8 Å². The molecule has 108 valence electrons. The molecule has 0 aromatic heterocycles. The summed E-state index contributed by atoms with van der Waals surface area (Å²) in [5.74, 6) is 1.97. The molecule has 0 aromatic rings. The maximum atomic E-state index is 5.52. The van der Waals surface area contributed by atoms with Gasteiger partial charge in [0.25, 0.3) is 0 Å². The van der Waals surface area contributed by atoms with Crippen molar-refractivity contribution in [3.05, 3.63) is 0 Å². The van der Waals surface area contributed by atoms with Crippen molar-refractivity contribution < 1.29 is 4.74 Å². The van der Waals surface area contributed by atoms with Crippen LogP contribution >= 0.6 is 0 Å². The predicted octanol–water partition coefficient (Wildman–Crippen LogP) is 5.58. The Morgan fingerprint density at radius 2 is 1.39 bits per heavy atom. The molecule has 1 heterocycles. The smallest absolute Gasteiger partial charge is 0.0468 e. The van der Waals surface area contributed by atoms with Crippen LogP contribution in [0.1, 0.15) is 84.5 Å². The Morgan fingerprint density at radius 1 is 0.833 bits per heavy atom. The lowest BCUT2D eigenvalue weighted by Crippen LogP contribution is -2.23. The fourth-order valence-corrected chi connectivity index (χ4v) is 3.29. The SMILES string of the molecule is CCCCCCC(CCCCC)C1CCOCC1. The largest absolute Gasteiger partial charge is 0.381 e. The van der Waals surface area contributed by atoms with E-state index >= 15 is 0 Å². The zero-order valence-corrected chi connectivity index (χ0v) is 12.8. The summed E-state index contributed by atoms with van der Waals surface area (Å²) in [6.45, 7) is 6.65. The number of ether oxygens (including phenoxy) is 1. The quantitative estimate of drug-likeness (QED) is 0.462. The average molecular weight is 254 g/mol. The van der Waals surface area contributed by atoms with Gasteiger partial charge in [-0.2, -0.15) is 0 Å². The van der Waals surface area contributed by atoms with Gasteiger partial charge in [0.2, 0.25) is 0 Å². The first kappa shape index (κ1) is 16.0. The number of hydrogen-bond donors (Lipinski definition) is 0. The minimum atomic E-state index is 0.970. The van der Waals surface area contributed by atoms with Gasteiger partial charge in [0.1, 0.15) is 0 Å². The standard InChI is InChI=1S/C17H34O/c1-3-5-7-9-11-16(10-8-6-4-2)17-12-14-18-15-13-17/h16-17H,3-15H2,1-2H3. The average Bonchev–Trinajstić information content (AvgIpc) is 2.42. The van der Waals surface area contributed by atoms with Gasteiger partial charge in [-0.05, 0) is 24.7 Å². The van der Waals surface area contributed by atoms with Crippen LogP contribution in [0.3, 0.4) is 0 Å². The first-order valence-electron chi connectivity index (χ1n) is 8.46. The fourth-order valence-electron chi connectivity index (χ4n) is 3.29. The first-order valence-corrected chi connectivity index (χ1v) is 8.46. The minimum Gasteiger partial charge on any atom is -0.381 e. The van der Waals surface area contributed by atoms with Crippen molar-refractivity contribution in [3.8, 4) is 0 Å². The molecule has 1 rings (SSSR count). The summed E-state index contributed by atoms with van der Waals surface area (Å²) >= 11 is 0. The van der Waals surface area contributed by atoms with E-state index in [9.17, 15) is 0 Å². The second kappa shape index (κ2) is 10.8. The molecular formula is C17H34O. The van der Waals surface area contributed by atoms with E-state index in [0.717, 1.165) is 25.0 Å². The molecule has 0 aromatic carbocycles. The van der Waals surface area contributed by atoms with E-state index in [1.807, 2.05) is 0 Å². The lowest BCUT2D eigenvalue weighted by atomic mass is 9.79. The molecule has 1 atom stereocenters. The van der Waals surface area contributed by atoms with Crippen LogP contribution < -0.4 is 0 Å². The van der Waals surface area contributed by atoms with Crippen LogP contribution in [-0.4, -0.2) is 13.2 Å². The summed E-state index contributed by atoms with van der Waals surface area (Å²) in [7, 11) is 0. The van der Waals surface area contributed by atoms with E-state index in [4.69, 9.17) is 4.74 Å². The molecule has 18 heavy (non-hydrogen) atoms. The molecule has 1 aliphatic heterocycles. The highest BCUT2D eigenvalue weighted by Crippen LogP contribution is 2.32. The maximum absolute atomic E-state index is 5.52.